The van der Waals surface area contributed by atoms with E-state index in [9.17, 15) is 4.79 Å². The van der Waals surface area contributed by atoms with E-state index in [0.29, 0.717) is 6.04 Å². The van der Waals surface area contributed by atoms with Gasteiger partial charge in [-0.1, -0.05) is 0 Å². The number of amides is 1. The molecule has 0 radical (unpaired) electrons. The second-order valence-corrected chi connectivity index (χ2v) is 7.30. The monoisotopic (exact) mass is 307 g/mol. The van der Waals surface area contributed by atoms with E-state index in [4.69, 9.17) is 10.00 Å². The Morgan fingerprint density at radius 1 is 1.48 bits per heavy atom. The van der Waals surface area contributed by atoms with Crippen LogP contribution in [0, 0.1) is 11.3 Å². The molecule has 0 spiro atoms. The molecule has 2 N–H and O–H groups in total. The van der Waals surface area contributed by atoms with Crippen LogP contribution in [-0.4, -0.2) is 23.8 Å². The molecule has 1 aliphatic carbocycles. The minimum Gasteiger partial charge on any atom is -0.444 e. The summed E-state index contributed by atoms with van der Waals surface area (Å²) in [4.78, 5) is 12.8. The van der Waals surface area contributed by atoms with Gasteiger partial charge in [-0.3, -0.25) is 0 Å². The molecule has 0 bridgehead atoms. The van der Waals surface area contributed by atoms with Gasteiger partial charge >= 0.3 is 6.09 Å². The molecule has 0 aliphatic heterocycles. The maximum absolute atomic E-state index is 11.6. The van der Waals surface area contributed by atoms with E-state index in [2.05, 4.69) is 16.7 Å². The van der Waals surface area contributed by atoms with E-state index in [1.165, 1.54) is 0 Å². The average molecular weight is 307 g/mol. The number of rotatable bonds is 4. The minimum atomic E-state index is -0.455. The standard InChI is InChI=1S/C15H21N3O2S/c1-15(2,3)20-14(19)18-12-5-11(6-12)17-8-13-4-10(7-16)9-21-13/h4,9,11-12,17H,5-6,8H2,1-3H3,(H,18,19). The van der Waals surface area contributed by atoms with E-state index in [1.807, 2.05) is 32.2 Å². The van der Waals surface area contributed by atoms with Gasteiger partial charge in [0.25, 0.3) is 0 Å². The molecule has 1 saturated carbocycles. The van der Waals surface area contributed by atoms with E-state index < -0.39 is 5.60 Å². The van der Waals surface area contributed by atoms with Crippen LogP contribution in [0.4, 0.5) is 4.79 Å². The number of nitriles is 1. The third kappa shape index (κ3) is 5.03. The molecule has 1 amide bonds. The van der Waals surface area contributed by atoms with E-state index >= 15 is 0 Å². The zero-order valence-corrected chi connectivity index (χ0v) is 13.4. The highest BCUT2D eigenvalue weighted by Gasteiger charge is 2.31. The number of alkyl carbamates (subject to hydrolysis) is 1. The topological polar surface area (TPSA) is 74.2 Å². The Labute approximate surface area is 129 Å². The zero-order chi connectivity index (χ0) is 15.5. The first-order valence-corrected chi connectivity index (χ1v) is 7.94. The lowest BCUT2D eigenvalue weighted by Crippen LogP contribution is -2.52. The smallest absolute Gasteiger partial charge is 0.407 e. The van der Waals surface area contributed by atoms with Gasteiger partial charge < -0.3 is 15.4 Å². The van der Waals surface area contributed by atoms with Crippen molar-refractivity contribution in [2.24, 2.45) is 0 Å². The molecule has 2 rings (SSSR count). The van der Waals surface area contributed by atoms with Crippen molar-refractivity contribution >= 4 is 17.4 Å². The fraction of sp³-hybridized carbons (Fsp3) is 0.600. The Balaban J connectivity index is 1.63. The summed E-state index contributed by atoms with van der Waals surface area (Å²) in [6, 6.07) is 4.65. The van der Waals surface area contributed by atoms with Crippen LogP contribution in [0.25, 0.3) is 0 Å². The lowest BCUT2D eigenvalue weighted by Gasteiger charge is -2.36. The van der Waals surface area contributed by atoms with Gasteiger partial charge in [-0.2, -0.15) is 5.26 Å². The Kier molecular flexibility index (Phi) is 4.86. The highest BCUT2D eigenvalue weighted by molar-refractivity contribution is 7.10. The van der Waals surface area contributed by atoms with Gasteiger partial charge in [0.1, 0.15) is 11.7 Å². The van der Waals surface area contributed by atoms with Crippen LogP contribution in [0.15, 0.2) is 11.4 Å². The highest BCUT2D eigenvalue weighted by Crippen LogP contribution is 2.22. The number of hydrogen-bond acceptors (Lipinski definition) is 5. The summed E-state index contributed by atoms with van der Waals surface area (Å²) in [6.45, 7) is 6.34. The van der Waals surface area contributed by atoms with Crippen LogP contribution in [0.2, 0.25) is 0 Å². The molecular weight excluding hydrogens is 286 g/mol. The molecule has 1 aromatic rings. The Bertz CT molecular complexity index is 536. The number of ether oxygens (including phenoxy) is 1. The number of carbonyl (C=O) groups is 1. The average Bonchev–Trinajstić information content (AvgIpc) is 2.77. The summed E-state index contributed by atoms with van der Waals surface area (Å²) in [5.74, 6) is 0. The van der Waals surface area contributed by atoms with Crippen molar-refractivity contribution in [1.29, 1.82) is 5.26 Å². The maximum atomic E-state index is 11.6. The van der Waals surface area contributed by atoms with Gasteiger partial charge in [-0.05, 0) is 39.7 Å². The van der Waals surface area contributed by atoms with Crippen molar-refractivity contribution in [3.05, 3.63) is 21.9 Å². The number of hydrogen-bond donors (Lipinski definition) is 2. The highest BCUT2D eigenvalue weighted by atomic mass is 32.1. The van der Waals surface area contributed by atoms with Gasteiger partial charge in [-0.25, -0.2) is 4.79 Å². The summed E-state index contributed by atoms with van der Waals surface area (Å²) < 4.78 is 5.22. The fourth-order valence-electron chi connectivity index (χ4n) is 2.15. The second kappa shape index (κ2) is 6.46. The summed E-state index contributed by atoms with van der Waals surface area (Å²) in [6.07, 6.45) is 1.48. The quantitative estimate of drug-likeness (QED) is 0.897. The SMILES string of the molecule is CC(C)(C)OC(=O)NC1CC(NCc2cc(C#N)cs2)C1. The molecule has 0 atom stereocenters. The Hall–Kier alpha value is -1.58. The maximum Gasteiger partial charge on any atom is 0.407 e. The molecule has 21 heavy (non-hydrogen) atoms. The fourth-order valence-corrected chi connectivity index (χ4v) is 2.91. The van der Waals surface area contributed by atoms with E-state index in [-0.39, 0.29) is 12.1 Å². The number of nitrogens with one attached hydrogen (secondary N) is 2. The van der Waals surface area contributed by atoms with Crippen molar-refractivity contribution in [2.45, 2.75) is 57.8 Å². The predicted molar refractivity (Wildman–Crippen MR) is 82.1 cm³/mol. The largest absolute Gasteiger partial charge is 0.444 e. The van der Waals surface area contributed by atoms with Gasteiger partial charge in [0.05, 0.1) is 5.56 Å². The van der Waals surface area contributed by atoms with Crippen LogP contribution in [0.5, 0.6) is 0 Å². The predicted octanol–water partition coefficient (Wildman–Crippen LogP) is 2.77. The molecule has 1 heterocycles. The lowest BCUT2D eigenvalue weighted by atomic mass is 9.87. The molecule has 0 unspecified atom stereocenters. The van der Waals surface area contributed by atoms with Crippen molar-refractivity contribution in [3.63, 3.8) is 0 Å². The number of carbonyl (C=O) groups excluding carboxylic acids is 1. The lowest BCUT2D eigenvalue weighted by molar-refractivity contribution is 0.0465. The van der Waals surface area contributed by atoms with Crippen molar-refractivity contribution in [3.8, 4) is 6.07 Å². The normalized spacial score (nSPS) is 21.2. The van der Waals surface area contributed by atoms with Crippen LogP contribution in [0.1, 0.15) is 44.1 Å². The first kappa shape index (κ1) is 15.8. The van der Waals surface area contributed by atoms with E-state index in [1.54, 1.807) is 11.3 Å². The Morgan fingerprint density at radius 2 is 2.19 bits per heavy atom. The molecule has 0 aromatic carbocycles. The molecule has 0 saturated heterocycles. The molecule has 5 nitrogen and oxygen atoms in total. The van der Waals surface area contributed by atoms with Crippen molar-refractivity contribution in [2.75, 3.05) is 0 Å². The molecule has 114 valence electrons. The van der Waals surface area contributed by atoms with Crippen LogP contribution >= 0.6 is 11.3 Å². The molecule has 6 heteroatoms. The van der Waals surface area contributed by atoms with Crippen molar-refractivity contribution in [1.82, 2.24) is 10.6 Å². The Morgan fingerprint density at radius 3 is 2.76 bits per heavy atom. The molecule has 1 aromatic heterocycles. The minimum absolute atomic E-state index is 0.190. The van der Waals surface area contributed by atoms with Crippen LogP contribution in [0.3, 0.4) is 0 Å². The third-order valence-electron chi connectivity index (χ3n) is 3.21. The number of thiophene rings is 1. The van der Waals surface area contributed by atoms with E-state index in [0.717, 1.165) is 29.8 Å². The zero-order valence-electron chi connectivity index (χ0n) is 12.6. The molecule has 1 fully saturated rings. The van der Waals surface area contributed by atoms with Crippen molar-refractivity contribution < 1.29 is 9.53 Å². The number of nitrogens with zero attached hydrogens (tertiary/aromatic N) is 1. The van der Waals surface area contributed by atoms with Gasteiger partial charge in [0, 0.05) is 28.9 Å². The molecular formula is C15H21N3O2S. The first-order chi connectivity index (χ1) is 9.85. The van der Waals surface area contributed by atoms with Gasteiger partial charge in [-0.15, -0.1) is 11.3 Å². The van der Waals surface area contributed by atoms with Gasteiger partial charge in [0.2, 0.25) is 0 Å². The van der Waals surface area contributed by atoms with Crippen LogP contribution in [-0.2, 0) is 11.3 Å². The summed E-state index contributed by atoms with van der Waals surface area (Å²) >= 11 is 1.59. The summed E-state index contributed by atoms with van der Waals surface area (Å²) in [5.41, 5.74) is 0.262. The third-order valence-corrected chi connectivity index (χ3v) is 4.14. The summed E-state index contributed by atoms with van der Waals surface area (Å²) in [7, 11) is 0. The molecule has 1 aliphatic rings. The van der Waals surface area contributed by atoms with Gasteiger partial charge in [0.15, 0.2) is 0 Å². The summed E-state index contributed by atoms with van der Waals surface area (Å²) in [5, 5.41) is 16.9. The first-order valence-electron chi connectivity index (χ1n) is 7.06. The second-order valence-electron chi connectivity index (χ2n) is 6.31. The van der Waals surface area contributed by atoms with Crippen LogP contribution < -0.4 is 10.6 Å².